The van der Waals surface area contributed by atoms with Gasteiger partial charge < -0.3 is 10.4 Å². The second kappa shape index (κ2) is 17.1. The molecule has 0 rings (SSSR count). The summed E-state index contributed by atoms with van der Waals surface area (Å²) >= 11 is 0. The average Bonchev–Trinajstić information content (AvgIpc) is 2.50. The summed E-state index contributed by atoms with van der Waals surface area (Å²) in [5, 5.41) is 12.1. The van der Waals surface area contributed by atoms with E-state index in [1.807, 2.05) is 12.3 Å². The molecular weight excluding hydrogens is 258 g/mol. The fraction of sp³-hybridized carbons (Fsp3) is 0.789. The molecule has 0 heterocycles. The van der Waals surface area contributed by atoms with Gasteiger partial charge in [-0.15, -0.1) is 0 Å². The van der Waals surface area contributed by atoms with E-state index >= 15 is 0 Å². The van der Waals surface area contributed by atoms with Crippen molar-refractivity contribution in [3.63, 3.8) is 0 Å². The molecule has 0 amide bonds. The van der Waals surface area contributed by atoms with Crippen molar-refractivity contribution < 1.29 is 5.11 Å². The van der Waals surface area contributed by atoms with Crippen LogP contribution >= 0.6 is 0 Å². The zero-order valence-electron chi connectivity index (χ0n) is 14.3. The molecule has 2 N–H and O–H groups in total. The van der Waals surface area contributed by atoms with E-state index in [4.69, 9.17) is 5.11 Å². The summed E-state index contributed by atoms with van der Waals surface area (Å²) in [5.74, 6) is 0. The normalized spacial score (nSPS) is 12.0. The summed E-state index contributed by atoms with van der Waals surface area (Å²) in [4.78, 5) is 0. The van der Waals surface area contributed by atoms with Crippen molar-refractivity contribution in [1.29, 1.82) is 0 Å². The molecule has 0 aromatic heterocycles. The lowest BCUT2D eigenvalue weighted by atomic mass is 10.0. The van der Waals surface area contributed by atoms with Crippen molar-refractivity contribution in [3.05, 3.63) is 24.6 Å². The lowest BCUT2D eigenvalue weighted by molar-refractivity contribution is 0.448. The first kappa shape index (κ1) is 20.1. The van der Waals surface area contributed by atoms with E-state index in [0.717, 1.165) is 6.26 Å². The largest absolute Gasteiger partial charge is 0.516 e. The van der Waals surface area contributed by atoms with E-state index in [1.54, 1.807) is 6.08 Å². The maximum atomic E-state index is 8.62. The molecule has 0 aliphatic heterocycles. The Morgan fingerprint density at radius 2 is 1.29 bits per heavy atom. The van der Waals surface area contributed by atoms with E-state index in [0.29, 0.717) is 6.04 Å². The Hall–Kier alpha value is -0.920. The third kappa shape index (κ3) is 15.3. The summed E-state index contributed by atoms with van der Waals surface area (Å²) in [6.07, 6.45) is 22.6. The van der Waals surface area contributed by atoms with Crippen molar-refractivity contribution in [3.8, 4) is 0 Å². The van der Waals surface area contributed by atoms with E-state index in [1.165, 1.54) is 77.0 Å². The van der Waals surface area contributed by atoms with Crippen molar-refractivity contribution in [2.24, 2.45) is 0 Å². The van der Waals surface area contributed by atoms with Crippen molar-refractivity contribution in [1.82, 2.24) is 5.32 Å². The fourth-order valence-electron chi connectivity index (χ4n) is 2.60. The Morgan fingerprint density at radius 3 is 1.76 bits per heavy atom. The highest BCUT2D eigenvalue weighted by molar-refractivity contribution is 4.98. The Balaban J connectivity index is 3.85. The first-order valence-electron chi connectivity index (χ1n) is 9.07. The highest BCUT2D eigenvalue weighted by Gasteiger charge is 2.05. The molecule has 0 spiro atoms. The number of aliphatic hydroxyl groups is 1. The SMILES string of the molecule is CCCCCCCC(CCCCCCC)N/C=C/C=C\O. The maximum absolute atomic E-state index is 8.62. The molecule has 2 heteroatoms. The highest BCUT2D eigenvalue weighted by Crippen LogP contribution is 2.13. The van der Waals surface area contributed by atoms with Gasteiger partial charge in [0.1, 0.15) is 0 Å². The van der Waals surface area contributed by atoms with Crippen LogP contribution in [0.3, 0.4) is 0 Å². The average molecular weight is 296 g/mol. The van der Waals surface area contributed by atoms with Crippen LogP contribution in [0.2, 0.25) is 0 Å². The van der Waals surface area contributed by atoms with Gasteiger partial charge in [0.25, 0.3) is 0 Å². The molecule has 2 nitrogen and oxygen atoms in total. The summed E-state index contributed by atoms with van der Waals surface area (Å²) in [6, 6.07) is 0.594. The lowest BCUT2D eigenvalue weighted by Crippen LogP contribution is -2.24. The van der Waals surface area contributed by atoms with Crippen LogP contribution in [0.5, 0.6) is 0 Å². The molecule has 0 saturated carbocycles. The Morgan fingerprint density at radius 1 is 0.762 bits per heavy atom. The Labute approximate surface area is 132 Å². The number of hydrogen-bond acceptors (Lipinski definition) is 2. The highest BCUT2D eigenvalue weighted by atomic mass is 16.2. The van der Waals surface area contributed by atoms with Gasteiger partial charge in [-0.1, -0.05) is 78.1 Å². The number of aliphatic hydroxyl groups excluding tert-OH is 1. The molecule has 0 atom stereocenters. The smallest absolute Gasteiger partial charge is 0.0792 e. The van der Waals surface area contributed by atoms with Gasteiger partial charge in [-0.05, 0) is 31.2 Å². The first-order valence-corrected chi connectivity index (χ1v) is 9.07. The molecule has 0 aliphatic carbocycles. The third-order valence-electron chi connectivity index (χ3n) is 3.94. The summed E-state index contributed by atoms with van der Waals surface area (Å²) in [5.41, 5.74) is 0. The Bertz CT molecular complexity index is 234. The van der Waals surface area contributed by atoms with Gasteiger partial charge in [0.2, 0.25) is 0 Å². The quantitative estimate of drug-likeness (QED) is 0.212. The molecule has 0 aromatic carbocycles. The van der Waals surface area contributed by atoms with Crippen molar-refractivity contribution >= 4 is 0 Å². The van der Waals surface area contributed by atoms with Crippen LogP contribution in [-0.2, 0) is 0 Å². The topological polar surface area (TPSA) is 32.3 Å². The number of unbranched alkanes of at least 4 members (excludes halogenated alkanes) is 8. The number of hydrogen-bond donors (Lipinski definition) is 2. The zero-order valence-corrected chi connectivity index (χ0v) is 14.3. The van der Waals surface area contributed by atoms with Gasteiger partial charge in [-0.25, -0.2) is 0 Å². The number of nitrogens with one attached hydrogen (secondary N) is 1. The van der Waals surface area contributed by atoms with Crippen LogP contribution < -0.4 is 5.32 Å². The van der Waals surface area contributed by atoms with Crippen LogP contribution in [-0.4, -0.2) is 11.1 Å². The minimum absolute atomic E-state index is 0.594. The van der Waals surface area contributed by atoms with Crippen LogP contribution in [0.1, 0.15) is 90.9 Å². The van der Waals surface area contributed by atoms with E-state index in [-0.39, 0.29) is 0 Å². The van der Waals surface area contributed by atoms with Crippen molar-refractivity contribution in [2.45, 2.75) is 96.9 Å². The van der Waals surface area contributed by atoms with Gasteiger partial charge in [-0.3, -0.25) is 0 Å². The molecule has 0 bridgehead atoms. The standard InChI is InChI=1S/C19H37NO/c1-3-5-7-9-11-15-19(20-17-13-14-18-21)16-12-10-8-6-4-2/h13-14,17-21H,3-12,15-16H2,1-2H3/b17-13+,18-14-. The Kier molecular flexibility index (Phi) is 16.4. The molecule has 21 heavy (non-hydrogen) atoms. The summed E-state index contributed by atoms with van der Waals surface area (Å²) < 4.78 is 0. The first-order chi connectivity index (χ1) is 10.3. The number of rotatable bonds is 15. The van der Waals surface area contributed by atoms with Gasteiger partial charge in [0.05, 0.1) is 6.26 Å². The van der Waals surface area contributed by atoms with Gasteiger partial charge in [-0.2, -0.15) is 0 Å². The molecule has 0 aromatic rings. The van der Waals surface area contributed by atoms with E-state index < -0.39 is 0 Å². The molecule has 0 unspecified atom stereocenters. The molecule has 0 aliphatic rings. The van der Waals surface area contributed by atoms with Gasteiger partial charge in [0.15, 0.2) is 0 Å². The van der Waals surface area contributed by atoms with Gasteiger partial charge in [0, 0.05) is 6.04 Å². The van der Waals surface area contributed by atoms with Crippen LogP contribution in [0.15, 0.2) is 24.6 Å². The van der Waals surface area contributed by atoms with Crippen LogP contribution in [0.25, 0.3) is 0 Å². The second-order valence-electron chi connectivity index (χ2n) is 5.97. The monoisotopic (exact) mass is 295 g/mol. The molecular formula is C19H37NO. The molecule has 0 radical (unpaired) electrons. The lowest BCUT2D eigenvalue weighted by Gasteiger charge is -2.17. The predicted octanol–water partition coefficient (Wildman–Crippen LogP) is 6.25. The number of allylic oxidation sites excluding steroid dienone is 2. The third-order valence-corrected chi connectivity index (χ3v) is 3.94. The predicted molar refractivity (Wildman–Crippen MR) is 94.6 cm³/mol. The minimum Gasteiger partial charge on any atom is -0.516 e. The van der Waals surface area contributed by atoms with E-state index in [2.05, 4.69) is 19.2 Å². The fourth-order valence-corrected chi connectivity index (χ4v) is 2.60. The minimum atomic E-state index is 0.594. The second-order valence-corrected chi connectivity index (χ2v) is 5.97. The van der Waals surface area contributed by atoms with E-state index in [9.17, 15) is 0 Å². The summed E-state index contributed by atoms with van der Waals surface area (Å²) in [6.45, 7) is 4.53. The van der Waals surface area contributed by atoms with Crippen molar-refractivity contribution in [2.75, 3.05) is 0 Å². The summed E-state index contributed by atoms with van der Waals surface area (Å²) in [7, 11) is 0. The molecule has 0 fully saturated rings. The van der Waals surface area contributed by atoms with Gasteiger partial charge >= 0.3 is 0 Å². The van der Waals surface area contributed by atoms with Crippen LogP contribution in [0.4, 0.5) is 0 Å². The maximum Gasteiger partial charge on any atom is 0.0792 e. The molecule has 0 saturated heterocycles. The zero-order chi connectivity index (χ0) is 15.6. The van der Waals surface area contributed by atoms with Crippen LogP contribution in [0, 0.1) is 0 Å². The molecule has 124 valence electrons.